The van der Waals surface area contributed by atoms with Gasteiger partial charge in [-0.1, -0.05) is 0 Å². The molecule has 0 unspecified atom stereocenters. The summed E-state index contributed by atoms with van der Waals surface area (Å²) >= 11 is 0. The number of nitrogens with zero attached hydrogens (tertiary/aromatic N) is 3. The number of anilines is 1. The Kier molecular flexibility index (Phi) is 4.78. The second-order valence-corrected chi connectivity index (χ2v) is 6.06. The summed E-state index contributed by atoms with van der Waals surface area (Å²) in [6.45, 7) is 5.17. The lowest BCUT2D eigenvalue weighted by molar-refractivity contribution is -0.120. The van der Waals surface area contributed by atoms with Crippen LogP contribution in [0.3, 0.4) is 0 Å². The summed E-state index contributed by atoms with van der Waals surface area (Å²) in [5.41, 5.74) is 2.06. The number of pyridine rings is 1. The zero-order valence-corrected chi connectivity index (χ0v) is 14.1. The lowest BCUT2D eigenvalue weighted by Crippen LogP contribution is -2.29. The molecule has 0 aromatic carbocycles. The smallest absolute Gasteiger partial charge is 0.254 e. The largest absolute Gasteiger partial charge is 0.381 e. The second-order valence-electron chi connectivity index (χ2n) is 6.06. The third-order valence-electron chi connectivity index (χ3n) is 4.44. The number of Topliss-reactive ketones (excluding diaryl/α,β-unsaturated/α-hetero) is 1. The maximum absolute atomic E-state index is 12.4. The van der Waals surface area contributed by atoms with Crippen molar-refractivity contribution < 1.29 is 9.59 Å². The lowest BCUT2D eigenvalue weighted by Gasteiger charge is -2.24. The first kappa shape index (κ1) is 16.4. The summed E-state index contributed by atoms with van der Waals surface area (Å²) in [4.78, 5) is 28.3. The molecule has 2 N–H and O–H groups in total. The Morgan fingerprint density at radius 3 is 2.71 bits per heavy atom. The first-order chi connectivity index (χ1) is 11.6. The third kappa shape index (κ3) is 3.11. The van der Waals surface area contributed by atoms with Crippen molar-refractivity contribution in [1.29, 1.82) is 0 Å². The Labute approximate surface area is 140 Å². The molecule has 1 fully saturated rings. The quantitative estimate of drug-likeness (QED) is 0.877. The number of hydrogen-bond acceptors (Lipinski definition) is 5. The molecule has 1 amide bonds. The van der Waals surface area contributed by atoms with Crippen molar-refractivity contribution in [3.63, 3.8) is 0 Å². The van der Waals surface area contributed by atoms with Crippen LogP contribution in [0.2, 0.25) is 0 Å². The summed E-state index contributed by atoms with van der Waals surface area (Å²) in [5.74, 6) is 0.168. The van der Waals surface area contributed by atoms with E-state index in [-0.39, 0.29) is 11.9 Å². The molecule has 2 heterocycles. The maximum Gasteiger partial charge on any atom is 0.254 e. The van der Waals surface area contributed by atoms with Crippen LogP contribution in [0.25, 0.3) is 11.0 Å². The molecule has 3 rings (SSSR count). The minimum absolute atomic E-state index is 0.148. The van der Waals surface area contributed by atoms with Crippen molar-refractivity contribution in [2.75, 3.05) is 11.9 Å². The van der Waals surface area contributed by atoms with E-state index in [1.54, 1.807) is 12.4 Å². The number of amides is 1. The van der Waals surface area contributed by atoms with E-state index in [9.17, 15) is 9.59 Å². The van der Waals surface area contributed by atoms with E-state index >= 15 is 0 Å². The molecule has 7 nitrogen and oxygen atoms in total. The number of fused-ring (bicyclic) bond motifs is 1. The fraction of sp³-hybridized carbons (Fsp3) is 0.529. The molecule has 128 valence electrons. The number of ketones is 1. The first-order valence-corrected chi connectivity index (χ1v) is 8.55. The van der Waals surface area contributed by atoms with Gasteiger partial charge >= 0.3 is 0 Å². The van der Waals surface area contributed by atoms with Gasteiger partial charge in [-0.2, -0.15) is 5.10 Å². The van der Waals surface area contributed by atoms with Gasteiger partial charge in [0.25, 0.3) is 5.91 Å². The number of hydrogen-bond donors (Lipinski definition) is 2. The summed E-state index contributed by atoms with van der Waals surface area (Å²) in [6.07, 6.45) is 6.13. The van der Waals surface area contributed by atoms with E-state index in [4.69, 9.17) is 0 Å². The molecule has 1 saturated carbocycles. The number of nitrogens with one attached hydrogen (secondary N) is 2. The van der Waals surface area contributed by atoms with Gasteiger partial charge in [-0.25, -0.2) is 9.67 Å². The van der Waals surface area contributed by atoms with Crippen molar-refractivity contribution in [2.45, 2.75) is 52.1 Å². The third-order valence-corrected chi connectivity index (χ3v) is 4.44. The van der Waals surface area contributed by atoms with Gasteiger partial charge in [0.05, 0.1) is 22.8 Å². The van der Waals surface area contributed by atoms with Crippen LogP contribution in [0, 0.1) is 0 Å². The van der Waals surface area contributed by atoms with E-state index in [1.807, 2.05) is 18.5 Å². The number of aryl methyl sites for hydroxylation is 1. The van der Waals surface area contributed by atoms with Crippen LogP contribution in [0.5, 0.6) is 0 Å². The molecule has 7 heteroatoms. The molecule has 2 aromatic heterocycles. The van der Waals surface area contributed by atoms with Gasteiger partial charge in [-0.05, 0) is 26.7 Å². The van der Waals surface area contributed by atoms with Gasteiger partial charge in [0, 0.05) is 38.2 Å². The van der Waals surface area contributed by atoms with Crippen LogP contribution in [0.1, 0.15) is 49.9 Å². The number of carbonyl (C=O) groups is 2. The van der Waals surface area contributed by atoms with Crippen LogP contribution < -0.4 is 10.6 Å². The standard InChI is InChI=1S/C17H23N5O2/c1-3-18-17(24)14-9-19-16-13(10-20-22(16)4-2)15(14)21-11-5-7-12(23)8-6-11/h9-11H,3-8H2,1-2H3,(H,18,24)(H,19,21). The van der Waals surface area contributed by atoms with Crippen molar-refractivity contribution in [3.8, 4) is 0 Å². The predicted molar refractivity (Wildman–Crippen MR) is 92.1 cm³/mol. The van der Waals surface area contributed by atoms with Crippen LogP contribution in [0.4, 0.5) is 5.69 Å². The van der Waals surface area contributed by atoms with Crippen molar-refractivity contribution in [2.24, 2.45) is 0 Å². The molecule has 0 atom stereocenters. The van der Waals surface area contributed by atoms with E-state index in [0.29, 0.717) is 37.3 Å². The molecule has 1 aliphatic carbocycles. The number of aromatic nitrogens is 3. The molecule has 1 aliphatic rings. The fourth-order valence-corrected chi connectivity index (χ4v) is 3.13. The Bertz CT molecular complexity index is 758. The topological polar surface area (TPSA) is 88.9 Å². The summed E-state index contributed by atoms with van der Waals surface area (Å²) in [6, 6.07) is 0.187. The van der Waals surface area contributed by atoms with Crippen LogP contribution >= 0.6 is 0 Å². The SMILES string of the molecule is CCNC(=O)c1cnc2c(cnn2CC)c1NC1CCC(=O)CC1. The molecule has 2 aromatic rings. The van der Waals surface area contributed by atoms with Gasteiger partial charge < -0.3 is 10.6 Å². The summed E-state index contributed by atoms with van der Waals surface area (Å²) < 4.78 is 1.81. The molecule has 0 bridgehead atoms. The average molecular weight is 329 g/mol. The Balaban J connectivity index is 2.00. The maximum atomic E-state index is 12.4. The van der Waals surface area contributed by atoms with Gasteiger partial charge in [-0.15, -0.1) is 0 Å². The van der Waals surface area contributed by atoms with E-state index in [2.05, 4.69) is 20.7 Å². The lowest BCUT2D eigenvalue weighted by atomic mass is 9.94. The number of rotatable bonds is 5. The molecule has 0 saturated heterocycles. The zero-order chi connectivity index (χ0) is 17.1. The molecule has 0 spiro atoms. The predicted octanol–water partition coefficient (Wildman–Crippen LogP) is 2.12. The minimum atomic E-state index is -0.148. The molecule has 24 heavy (non-hydrogen) atoms. The molecular weight excluding hydrogens is 306 g/mol. The van der Waals surface area contributed by atoms with E-state index < -0.39 is 0 Å². The number of carbonyl (C=O) groups excluding carboxylic acids is 2. The summed E-state index contributed by atoms with van der Waals surface area (Å²) in [5, 5.41) is 11.5. The van der Waals surface area contributed by atoms with Gasteiger partial charge in [0.2, 0.25) is 0 Å². The van der Waals surface area contributed by atoms with Crippen LogP contribution in [-0.2, 0) is 11.3 Å². The van der Waals surface area contributed by atoms with E-state index in [0.717, 1.165) is 29.6 Å². The van der Waals surface area contributed by atoms with Crippen molar-refractivity contribution in [1.82, 2.24) is 20.1 Å². The van der Waals surface area contributed by atoms with Gasteiger partial charge in [0.1, 0.15) is 5.78 Å². The highest BCUT2D eigenvalue weighted by atomic mass is 16.1. The van der Waals surface area contributed by atoms with Crippen molar-refractivity contribution in [3.05, 3.63) is 18.0 Å². The second kappa shape index (κ2) is 6.98. The highest BCUT2D eigenvalue weighted by Gasteiger charge is 2.23. The highest BCUT2D eigenvalue weighted by molar-refractivity contribution is 6.06. The van der Waals surface area contributed by atoms with E-state index in [1.165, 1.54) is 0 Å². The zero-order valence-electron chi connectivity index (χ0n) is 14.1. The monoisotopic (exact) mass is 329 g/mol. The Hall–Kier alpha value is -2.44. The van der Waals surface area contributed by atoms with Crippen LogP contribution in [0.15, 0.2) is 12.4 Å². The normalized spacial score (nSPS) is 15.7. The first-order valence-electron chi connectivity index (χ1n) is 8.55. The molecular formula is C17H23N5O2. The highest BCUT2D eigenvalue weighted by Crippen LogP contribution is 2.29. The average Bonchev–Trinajstić information content (AvgIpc) is 3.01. The Morgan fingerprint density at radius 2 is 2.04 bits per heavy atom. The minimum Gasteiger partial charge on any atom is -0.381 e. The Morgan fingerprint density at radius 1 is 1.29 bits per heavy atom. The fourth-order valence-electron chi connectivity index (χ4n) is 3.13. The van der Waals surface area contributed by atoms with Gasteiger partial charge in [-0.3, -0.25) is 9.59 Å². The van der Waals surface area contributed by atoms with Crippen LogP contribution in [-0.4, -0.2) is 39.0 Å². The van der Waals surface area contributed by atoms with Gasteiger partial charge in [0.15, 0.2) is 5.65 Å². The van der Waals surface area contributed by atoms with Crippen molar-refractivity contribution >= 4 is 28.4 Å². The summed E-state index contributed by atoms with van der Waals surface area (Å²) in [7, 11) is 0. The molecule has 0 aliphatic heterocycles. The molecule has 0 radical (unpaired) electrons.